The van der Waals surface area contributed by atoms with E-state index in [-0.39, 0.29) is 26.8 Å². The molecule has 0 aliphatic rings. The maximum atomic E-state index is 2.36. The van der Waals surface area contributed by atoms with Crippen LogP contribution in [0.2, 0.25) is 0 Å². The molecule has 3 rings (SSSR count). The fourth-order valence-corrected chi connectivity index (χ4v) is 4.33. The van der Waals surface area contributed by atoms with Crippen LogP contribution in [0.1, 0.15) is 5.56 Å². The van der Waals surface area contributed by atoms with E-state index in [0.29, 0.717) is 0 Å². The molecule has 0 heterocycles. The fourth-order valence-electron chi connectivity index (χ4n) is 2.89. The molecule has 0 saturated heterocycles. The zero-order chi connectivity index (χ0) is 13.4. The van der Waals surface area contributed by atoms with Crippen LogP contribution in [0.5, 0.6) is 0 Å². The van der Waals surface area contributed by atoms with Crippen molar-refractivity contribution < 1.29 is 18.9 Å². The van der Waals surface area contributed by atoms with Gasteiger partial charge in [0.15, 0.2) is 0 Å². The van der Waals surface area contributed by atoms with Crippen LogP contribution in [0.4, 0.5) is 0 Å². The number of hydrogen-bond donors (Lipinski definition) is 0. The average molecular weight is 272 g/mol. The van der Waals surface area contributed by atoms with Gasteiger partial charge in [0.05, 0.1) is 0 Å². The minimum Gasteiger partial charge on any atom is -0.164 e. The fraction of sp³-hybridized carbons (Fsp3) is 0.167. The number of fused-ring (bicyclic) bond motifs is 1. The second-order valence-corrected chi connectivity index (χ2v) is 7.44. The Bertz CT molecular complexity index is 711. The van der Waals surface area contributed by atoms with Crippen molar-refractivity contribution >= 4 is 24.0 Å². The zero-order valence-electron chi connectivity index (χ0n) is 12.6. The van der Waals surface area contributed by atoms with Crippen LogP contribution in [0.3, 0.4) is 0 Å². The topological polar surface area (TPSA) is 0 Å². The van der Waals surface area contributed by atoms with Crippen LogP contribution in [0, 0.1) is 6.92 Å². The summed E-state index contributed by atoms with van der Waals surface area (Å²) >= 11 is 0. The molecule has 0 fully saturated rings. The Hall–Kier alpha value is -0.923. The van der Waals surface area contributed by atoms with Crippen LogP contribution in [0.15, 0.2) is 54.6 Å². The Kier molecular flexibility index (Phi) is 4.82. The van der Waals surface area contributed by atoms with Crippen LogP contribution in [-0.2, 0) is 0 Å². The molecule has 0 aromatic heterocycles. The first-order valence-corrected chi connectivity index (χ1v) is 8.84. The summed E-state index contributed by atoms with van der Waals surface area (Å²) in [6.45, 7) is 6.92. The molecule has 96 valence electrons. The van der Waals surface area contributed by atoms with E-state index in [2.05, 4.69) is 74.9 Å². The summed E-state index contributed by atoms with van der Waals surface area (Å²) in [6, 6.07) is 19.7. The number of aryl methyl sites for hydroxylation is 1. The van der Waals surface area contributed by atoms with Gasteiger partial charge >= 0.3 is 18.9 Å². The second kappa shape index (κ2) is 6.24. The van der Waals surface area contributed by atoms with Crippen LogP contribution in [-0.4, -0.2) is 13.3 Å². The van der Waals surface area contributed by atoms with E-state index in [0.717, 1.165) is 0 Å². The van der Waals surface area contributed by atoms with Crippen molar-refractivity contribution in [2.75, 3.05) is 13.3 Å². The van der Waals surface area contributed by atoms with Crippen molar-refractivity contribution in [1.29, 1.82) is 0 Å². The molecule has 0 unspecified atom stereocenters. The summed E-state index contributed by atoms with van der Waals surface area (Å²) in [5.41, 5.74) is 4.10. The van der Waals surface area contributed by atoms with Gasteiger partial charge in [-0.15, -0.1) is 41.7 Å². The summed E-state index contributed by atoms with van der Waals surface area (Å²) in [5.74, 6) is 0. The molecule has 0 radical (unpaired) electrons. The summed E-state index contributed by atoms with van der Waals surface area (Å²) in [4.78, 5) is 0. The Balaban J connectivity index is 0.00000147. The quantitative estimate of drug-likeness (QED) is 0.380. The van der Waals surface area contributed by atoms with Gasteiger partial charge in [0.25, 0.3) is 0 Å². The monoisotopic (exact) mass is 272 g/mol. The van der Waals surface area contributed by atoms with Gasteiger partial charge in [0.1, 0.15) is 0 Å². The molecule has 3 aromatic carbocycles. The molecule has 20 heavy (non-hydrogen) atoms. The Labute approximate surface area is 134 Å². The number of benzene rings is 2. The number of rotatable bonds is 2. The molecular weight excluding hydrogens is 254 g/mol. The van der Waals surface area contributed by atoms with E-state index < -0.39 is 0 Å². The van der Waals surface area contributed by atoms with E-state index in [4.69, 9.17) is 0 Å². The van der Waals surface area contributed by atoms with E-state index in [1.807, 2.05) is 0 Å². The normalized spacial score (nSPS) is 10.8. The van der Waals surface area contributed by atoms with E-state index in [9.17, 15) is 0 Å². The molecule has 0 aliphatic heterocycles. The predicted molar refractivity (Wildman–Crippen MR) is 88.1 cm³/mol. The Morgan fingerprint density at radius 1 is 0.900 bits per heavy atom. The van der Waals surface area contributed by atoms with Gasteiger partial charge in [-0.3, -0.25) is 0 Å². The summed E-state index contributed by atoms with van der Waals surface area (Å²) in [5, 5.41) is 4.40. The smallest absolute Gasteiger partial charge is 0.164 e. The van der Waals surface area contributed by atoms with Crippen molar-refractivity contribution in [3.05, 3.63) is 60.2 Å². The minimum absolute atomic E-state index is 0. The third kappa shape index (κ3) is 2.62. The summed E-state index contributed by atoms with van der Waals surface area (Å²) in [6.07, 6.45) is 0. The molecule has 0 atom stereocenters. The SMILES string of the molecule is Cc1cc2c(-c3ccccc3)cccc2[c-]1P(C)C.[Li+]. The Morgan fingerprint density at radius 3 is 2.25 bits per heavy atom. The van der Waals surface area contributed by atoms with Crippen molar-refractivity contribution in [3.8, 4) is 11.1 Å². The van der Waals surface area contributed by atoms with Gasteiger partial charge in [0, 0.05) is 0 Å². The van der Waals surface area contributed by atoms with Gasteiger partial charge in [-0.25, -0.2) is 0 Å². The van der Waals surface area contributed by atoms with Gasteiger partial charge in [0.2, 0.25) is 0 Å². The molecule has 0 N–H and O–H groups in total. The van der Waals surface area contributed by atoms with Crippen molar-refractivity contribution in [2.24, 2.45) is 0 Å². The first-order valence-electron chi connectivity index (χ1n) is 6.60. The minimum atomic E-state index is -0.0605. The largest absolute Gasteiger partial charge is 1.00 e. The summed E-state index contributed by atoms with van der Waals surface area (Å²) < 4.78 is 0. The van der Waals surface area contributed by atoms with Crippen LogP contribution in [0.25, 0.3) is 21.9 Å². The van der Waals surface area contributed by atoms with E-state index >= 15 is 0 Å². The van der Waals surface area contributed by atoms with Crippen molar-refractivity contribution in [1.82, 2.24) is 0 Å². The molecule has 0 bridgehead atoms. The predicted octanol–water partition coefficient (Wildman–Crippen LogP) is 1.90. The maximum Gasteiger partial charge on any atom is 1.00 e. The van der Waals surface area contributed by atoms with Gasteiger partial charge in [-0.05, 0) is 18.9 Å². The zero-order valence-corrected chi connectivity index (χ0v) is 13.5. The first-order chi connectivity index (χ1) is 9.18. The molecular formula is C18H18LiP. The van der Waals surface area contributed by atoms with E-state index in [1.165, 1.54) is 27.5 Å². The third-order valence-corrected chi connectivity index (χ3v) is 5.12. The van der Waals surface area contributed by atoms with Gasteiger partial charge in [-0.1, -0.05) is 48.9 Å². The molecule has 0 saturated carbocycles. The van der Waals surface area contributed by atoms with Gasteiger partial charge < -0.3 is 0 Å². The summed E-state index contributed by atoms with van der Waals surface area (Å²) in [7, 11) is -0.0605. The Morgan fingerprint density at radius 2 is 1.60 bits per heavy atom. The molecule has 0 aliphatic carbocycles. The van der Waals surface area contributed by atoms with Crippen molar-refractivity contribution in [2.45, 2.75) is 6.92 Å². The first kappa shape index (κ1) is 15.5. The van der Waals surface area contributed by atoms with Gasteiger partial charge in [-0.2, -0.15) is 6.07 Å². The maximum absolute atomic E-state index is 2.36. The standard InChI is InChI=1S/C18H18P.Li/c1-13-12-17-15(14-8-5-4-6-9-14)10-7-11-16(17)18(13)19(2)3;/h4-12H,1-3H3;/q-1;+1. The molecule has 0 amide bonds. The molecule has 2 heteroatoms. The second-order valence-electron chi connectivity index (χ2n) is 5.20. The van der Waals surface area contributed by atoms with Crippen LogP contribution >= 0.6 is 7.92 Å². The number of hydrogen-bond acceptors (Lipinski definition) is 0. The molecule has 0 nitrogen and oxygen atoms in total. The third-order valence-electron chi connectivity index (χ3n) is 3.63. The van der Waals surface area contributed by atoms with E-state index in [1.54, 1.807) is 5.30 Å². The van der Waals surface area contributed by atoms with Crippen LogP contribution < -0.4 is 24.2 Å². The van der Waals surface area contributed by atoms with Crippen molar-refractivity contribution in [3.63, 3.8) is 0 Å². The molecule has 0 spiro atoms. The molecule has 3 aromatic rings. The average Bonchev–Trinajstić information content (AvgIpc) is 2.75.